The normalized spacial score (nSPS) is 11.9. The molecule has 3 rings (SSSR count). The van der Waals surface area contributed by atoms with Crippen LogP contribution in [-0.4, -0.2) is 38.0 Å². The molecule has 27 heavy (non-hydrogen) atoms. The summed E-state index contributed by atoms with van der Waals surface area (Å²) in [5.74, 6) is 1.29. The Morgan fingerprint density at radius 1 is 1.26 bits per heavy atom. The van der Waals surface area contributed by atoms with Crippen LogP contribution in [0.2, 0.25) is 5.15 Å². The van der Waals surface area contributed by atoms with E-state index in [-0.39, 0.29) is 11.1 Å². The summed E-state index contributed by atoms with van der Waals surface area (Å²) in [5, 5.41) is 11.7. The number of thioether (sulfide) groups is 1. The van der Waals surface area contributed by atoms with Gasteiger partial charge in [-0.3, -0.25) is 4.79 Å². The fourth-order valence-electron chi connectivity index (χ4n) is 2.33. The second-order valence-corrected chi connectivity index (χ2v) is 7.35. The number of hydrogen-bond donors (Lipinski definition) is 1. The Balaban J connectivity index is 1.71. The Morgan fingerprint density at radius 2 is 2.00 bits per heavy atom. The molecule has 2 aromatic heterocycles. The average Bonchev–Trinajstić information content (AvgIpc) is 3.04. The third kappa shape index (κ3) is 4.40. The molecule has 1 N–H and O–H groups in total. The standard InChI is InChI=1S/C18H18ClN5O2S/c1-11(17(25)21-14-5-4-10-20-15(14)19)27-18-23-22-16(24(18)2)12-6-8-13(26-3)9-7-12/h4-11H,1-3H3,(H,21,25). The molecule has 1 amide bonds. The lowest BCUT2D eigenvalue weighted by molar-refractivity contribution is -0.115. The monoisotopic (exact) mass is 403 g/mol. The van der Waals surface area contributed by atoms with Crippen molar-refractivity contribution in [3.8, 4) is 17.1 Å². The van der Waals surface area contributed by atoms with Crippen molar-refractivity contribution < 1.29 is 9.53 Å². The third-order valence-corrected chi connectivity index (χ3v) is 5.29. The second kappa shape index (κ2) is 8.41. The molecule has 0 fully saturated rings. The van der Waals surface area contributed by atoms with Gasteiger partial charge in [0, 0.05) is 18.8 Å². The van der Waals surface area contributed by atoms with Crippen molar-refractivity contribution in [1.82, 2.24) is 19.7 Å². The minimum atomic E-state index is -0.395. The smallest absolute Gasteiger partial charge is 0.237 e. The summed E-state index contributed by atoms with van der Waals surface area (Å²) in [6, 6.07) is 11.0. The zero-order valence-corrected chi connectivity index (χ0v) is 16.6. The van der Waals surface area contributed by atoms with E-state index < -0.39 is 5.25 Å². The first-order valence-corrected chi connectivity index (χ1v) is 9.37. The number of pyridine rings is 1. The van der Waals surface area contributed by atoms with E-state index in [4.69, 9.17) is 16.3 Å². The highest BCUT2D eigenvalue weighted by molar-refractivity contribution is 8.00. The number of benzene rings is 1. The van der Waals surface area contributed by atoms with E-state index in [1.165, 1.54) is 11.8 Å². The summed E-state index contributed by atoms with van der Waals surface area (Å²) in [4.78, 5) is 16.4. The Morgan fingerprint density at radius 3 is 2.67 bits per heavy atom. The van der Waals surface area contributed by atoms with Crippen LogP contribution in [0.25, 0.3) is 11.4 Å². The van der Waals surface area contributed by atoms with Crippen molar-refractivity contribution in [2.24, 2.45) is 7.05 Å². The van der Waals surface area contributed by atoms with Gasteiger partial charge in [-0.15, -0.1) is 10.2 Å². The van der Waals surface area contributed by atoms with Crippen LogP contribution in [0.4, 0.5) is 5.69 Å². The van der Waals surface area contributed by atoms with E-state index in [1.54, 1.807) is 32.4 Å². The topological polar surface area (TPSA) is 81.9 Å². The molecule has 0 spiro atoms. The van der Waals surface area contributed by atoms with Crippen molar-refractivity contribution in [3.63, 3.8) is 0 Å². The minimum Gasteiger partial charge on any atom is -0.497 e. The van der Waals surface area contributed by atoms with Crippen molar-refractivity contribution >= 4 is 35.0 Å². The molecule has 0 radical (unpaired) electrons. The van der Waals surface area contributed by atoms with Crippen molar-refractivity contribution in [1.29, 1.82) is 0 Å². The maximum absolute atomic E-state index is 12.4. The fraction of sp³-hybridized carbons (Fsp3) is 0.222. The molecule has 140 valence electrons. The van der Waals surface area contributed by atoms with Gasteiger partial charge >= 0.3 is 0 Å². The molecule has 9 heteroatoms. The van der Waals surface area contributed by atoms with E-state index >= 15 is 0 Å². The number of methoxy groups -OCH3 is 1. The molecule has 1 aromatic carbocycles. The van der Waals surface area contributed by atoms with E-state index in [1.807, 2.05) is 35.9 Å². The molecule has 0 aliphatic heterocycles. The average molecular weight is 404 g/mol. The Labute approximate surface area is 166 Å². The summed E-state index contributed by atoms with van der Waals surface area (Å²) < 4.78 is 7.03. The quantitative estimate of drug-likeness (QED) is 0.499. The molecule has 0 saturated heterocycles. The van der Waals surface area contributed by atoms with Gasteiger partial charge in [0.05, 0.1) is 18.0 Å². The predicted octanol–water partition coefficient (Wildman–Crippen LogP) is 3.66. The van der Waals surface area contributed by atoms with Crippen molar-refractivity contribution in [2.75, 3.05) is 12.4 Å². The summed E-state index contributed by atoms with van der Waals surface area (Å²) in [5.41, 5.74) is 1.39. The van der Waals surface area contributed by atoms with Gasteiger partial charge in [-0.05, 0) is 43.3 Å². The summed E-state index contributed by atoms with van der Waals surface area (Å²) in [7, 11) is 3.49. The van der Waals surface area contributed by atoms with Crippen molar-refractivity contribution in [3.05, 3.63) is 47.7 Å². The van der Waals surface area contributed by atoms with E-state index in [2.05, 4.69) is 20.5 Å². The van der Waals surface area contributed by atoms with Gasteiger partial charge in [0.1, 0.15) is 5.75 Å². The summed E-state index contributed by atoms with van der Waals surface area (Å²) in [6.45, 7) is 1.80. The van der Waals surface area contributed by atoms with E-state index in [0.29, 0.717) is 16.7 Å². The highest BCUT2D eigenvalue weighted by atomic mass is 35.5. The predicted molar refractivity (Wildman–Crippen MR) is 106 cm³/mol. The van der Waals surface area contributed by atoms with Gasteiger partial charge in [-0.2, -0.15) is 0 Å². The van der Waals surface area contributed by atoms with E-state index in [9.17, 15) is 4.79 Å². The van der Waals surface area contributed by atoms with Crippen LogP contribution in [0.1, 0.15) is 6.92 Å². The van der Waals surface area contributed by atoms with Crippen LogP contribution in [-0.2, 0) is 11.8 Å². The Kier molecular flexibility index (Phi) is 5.98. The molecule has 0 aliphatic rings. The molecule has 1 unspecified atom stereocenters. The van der Waals surface area contributed by atoms with Crippen LogP contribution in [0.3, 0.4) is 0 Å². The molecular formula is C18H18ClN5O2S. The van der Waals surface area contributed by atoms with E-state index in [0.717, 1.165) is 11.3 Å². The number of amides is 1. The molecule has 3 aromatic rings. The first-order chi connectivity index (χ1) is 13.0. The molecule has 1 atom stereocenters. The second-order valence-electron chi connectivity index (χ2n) is 5.68. The number of nitrogens with one attached hydrogen (secondary N) is 1. The number of anilines is 1. The first-order valence-electron chi connectivity index (χ1n) is 8.11. The maximum atomic E-state index is 12.4. The van der Waals surface area contributed by atoms with Gasteiger partial charge in [-0.25, -0.2) is 4.98 Å². The number of hydrogen-bond acceptors (Lipinski definition) is 6. The lowest BCUT2D eigenvalue weighted by atomic mass is 10.2. The number of carbonyl (C=O) groups is 1. The van der Waals surface area contributed by atoms with Gasteiger partial charge in [0.15, 0.2) is 16.1 Å². The highest BCUT2D eigenvalue weighted by Crippen LogP contribution is 2.27. The van der Waals surface area contributed by atoms with Crippen LogP contribution in [0.5, 0.6) is 5.75 Å². The summed E-state index contributed by atoms with van der Waals surface area (Å²) in [6.07, 6.45) is 1.57. The van der Waals surface area contributed by atoms with Crippen LogP contribution < -0.4 is 10.1 Å². The van der Waals surface area contributed by atoms with Gasteiger partial charge in [-0.1, -0.05) is 23.4 Å². The first kappa shape index (κ1) is 19.2. The fourth-order valence-corrected chi connectivity index (χ4v) is 3.32. The van der Waals surface area contributed by atoms with Crippen LogP contribution in [0.15, 0.2) is 47.8 Å². The SMILES string of the molecule is COc1ccc(-c2nnc(SC(C)C(=O)Nc3cccnc3Cl)n2C)cc1. The lowest BCUT2D eigenvalue weighted by Gasteiger charge is -2.12. The largest absolute Gasteiger partial charge is 0.497 e. The number of nitrogens with zero attached hydrogens (tertiary/aromatic N) is 4. The highest BCUT2D eigenvalue weighted by Gasteiger charge is 2.20. The molecule has 0 saturated carbocycles. The molecule has 7 nitrogen and oxygen atoms in total. The molecule has 0 bridgehead atoms. The third-order valence-electron chi connectivity index (χ3n) is 3.85. The van der Waals surface area contributed by atoms with Crippen molar-refractivity contribution in [2.45, 2.75) is 17.3 Å². The zero-order chi connectivity index (χ0) is 19.4. The Bertz CT molecular complexity index is 945. The zero-order valence-electron chi connectivity index (χ0n) is 15.0. The number of aromatic nitrogens is 4. The number of halogens is 1. The lowest BCUT2D eigenvalue weighted by Crippen LogP contribution is -2.23. The minimum absolute atomic E-state index is 0.191. The molecular weight excluding hydrogens is 386 g/mol. The number of ether oxygens (including phenoxy) is 1. The van der Waals surface area contributed by atoms with Crippen LogP contribution >= 0.6 is 23.4 Å². The Hall–Kier alpha value is -2.58. The summed E-state index contributed by atoms with van der Waals surface area (Å²) >= 11 is 7.30. The molecule has 0 aliphatic carbocycles. The number of carbonyl (C=O) groups excluding carboxylic acids is 1. The van der Waals surface area contributed by atoms with Crippen LogP contribution in [0, 0.1) is 0 Å². The maximum Gasteiger partial charge on any atom is 0.237 e. The molecule has 2 heterocycles. The van der Waals surface area contributed by atoms with Gasteiger partial charge in [0.2, 0.25) is 5.91 Å². The van der Waals surface area contributed by atoms with Gasteiger partial charge < -0.3 is 14.6 Å². The van der Waals surface area contributed by atoms with Gasteiger partial charge in [0.25, 0.3) is 0 Å². The number of rotatable bonds is 6.